The highest BCUT2D eigenvalue weighted by Crippen LogP contribution is 2.27. The third-order valence-corrected chi connectivity index (χ3v) is 4.95. The number of aromatic nitrogens is 5. The Morgan fingerprint density at radius 2 is 2.19 bits per heavy atom. The van der Waals surface area contributed by atoms with Crippen molar-refractivity contribution in [2.75, 3.05) is 18.1 Å². The van der Waals surface area contributed by atoms with Crippen LogP contribution in [0.4, 0.5) is 5.82 Å². The summed E-state index contributed by atoms with van der Waals surface area (Å²) in [7, 11) is 0. The molecule has 0 spiro atoms. The summed E-state index contributed by atoms with van der Waals surface area (Å²) in [6.07, 6.45) is 9.39. The second-order valence-electron chi connectivity index (χ2n) is 6.48. The fraction of sp³-hybridized carbons (Fsp3) is 0.263. The number of hydrogen-bond donors (Lipinski definition) is 1. The lowest BCUT2D eigenvalue weighted by molar-refractivity contribution is -0.567. The molecule has 0 amide bonds. The van der Waals surface area contributed by atoms with Crippen LogP contribution in [0.2, 0.25) is 0 Å². The van der Waals surface area contributed by atoms with Crippen LogP contribution in [-0.2, 0) is 0 Å². The summed E-state index contributed by atoms with van der Waals surface area (Å²) in [5.41, 5.74) is 0. The highest BCUT2D eigenvalue weighted by molar-refractivity contribution is 5.87. The lowest BCUT2D eigenvalue weighted by atomic mass is 10.1. The standard InChI is InChI=1S/C19H18N6O/c1-3-14-11-20-8-6-16(14)17(5-1)26-12-15-4-2-10-24(15)18-7-9-21-19-22-13-23-25(18)19/h1,3,5-9,11,13,15H,2,4,10,12H2/p+1/t15-/m1/s1. The molecule has 7 heteroatoms. The molecule has 130 valence electrons. The second-order valence-corrected chi connectivity index (χ2v) is 6.48. The van der Waals surface area contributed by atoms with E-state index in [0.29, 0.717) is 18.4 Å². The average Bonchev–Trinajstić information content (AvgIpc) is 3.35. The van der Waals surface area contributed by atoms with E-state index in [-0.39, 0.29) is 0 Å². The number of nitrogens with one attached hydrogen (secondary N) is 1. The number of anilines is 1. The molecule has 0 aliphatic carbocycles. The topological polar surface area (TPSA) is 71.0 Å². The van der Waals surface area contributed by atoms with Crippen molar-refractivity contribution in [3.63, 3.8) is 0 Å². The molecule has 1 fully saturated rings. The predicted molar refractivity (Wildman–Crippen MR) is 97.1 cm³/mol. The van der Waals surface area contributed by atoms with Gasteiger partial charge in [0.2, 0.25) is 5.82 Å². The van der Waals surface area contributed by atoms with Crippen LogP contribution in [0.25, 0.3) is 16.6 Å². The molecule has 7 nitrogen and oxygen atoms in total. The Kier molecular flexibility index (Phi) is 3.62. The molecule has 5 rings (SSSR count). The Labute approximate surface area is 150 Å². The summed E-state index contributed by atoms with van der Waals surface area (Å²) >= 11 is 0. The molecule has 1 aromatic carbocycles. The second kappa shape index (κ2) is 6.25. The molecule has 3 aromatic heterocycles. The normalized spacial score (nSPS) is 17.2. The maximum atomic E-state index is 6.23. The zero-order valence-electron chi connectivity index (χ0n) is 14.2. The quantitative estimate of drug-likeness (QED) is 0.573. The van der Waals surface area contributed by atoms with Gasteiger partial charge in [-0.3, -0.25) is 4.98 Å². The molecule has 1 aliphatic rings. The van der Waals surface area contributed by atoms with Gasteiger partial charge in [-0.2, -0.15) is 0 Å². The molecule has 1 N–H and O–H groups in total. The van der Waals surface area contributed by atoms with Crippen molar-refractivity contribution < 1.29 is 9.25 Å². The van der Waals surface area contributed by atoms with Gasteiger partial charge in [0, 0.05) is 29.2 Å². The van der Waals surface area contributed by atoms with Crippen LogP contribution in [0.15, 0.2) is 55.2 Å². The van der Waals surface area contributed by atoms with Gasteiger partial charge in [0.05, 0.1) is 18.8 Å². The molecule has 4 aromatic rings. The van der Waals surface area contributed by atoms with Crippen LogP contribution < -0.4 is 14.2 Å². The minimum Gasteiger partial charge on any atom is -0.490 e. The summed E-state index contributed by atoms with van der Waals surface area (Å²) in [6.45, 7) is 1.64. The lowest BCUT2D eigenvalue weighted by Gasteiger charge is -2.23. The smallest absolute Gasteiger partial charge is 0.408 e. The van der Waals surface area contributed by atoms with E-state index < -0.39 is 0 Å². The average molecular weight is 347 g/mol. The summed E-state index contributed by atoms with van der Waals surface area (Å²) in [4.78, 5) is 15.1. The molecule has 1 aliphatic heterocycles. The lowest BCUT2D eigenvalue weighted by Crippen LogP contribution is -2.42. The first-order chi connectivity index (χ1) is 12.9. The number of aromatic amines is 1. The first kappa shape index (κ1) is 15.1. The van der Waals surface area contributed by atoms with Crippen molar-refractivity contribution in [1.82, 2.24) is 20.1 Å². The Morgan fingerprint density at radius 3 is 3.19 bits per heavy atom. The van der Waals surface area contributed by atoms with Gasteiger partial charge in [0.25, 0.3) is 0 Å². The number of benzene rings is 1. The van der Waals surface area contributed by atoms with Crippen molar-refractivity contribution in [2.45, 2.75) is 18.9 Å². The maximum absolute atomic E-state index is 6.23. The number of pyridine rings is 1. The van der Waals surface area contributed by atoms with E-state index in [0.717, 1.165) is 41.7 Å². The summed E-state index contributed by atoms with van der Waals surface area (Å²) in [5, 5.41) is 5.33. The predicted octanol–water partition coefficient (Wildman–Crippen LogP) is 2.14. The van der Waals surface area contributed by atoms with E-state index in [1.54, 1.807) is 18.7 Å². The van der Waals surface area contributed by atoms with Crippen LogP contribution in [0.3, 0.4) is 0 Å². The van der Waals surface area contributed by atoms with Crippen LogP contribution in [-0.4, -0.2) is 39.2 Å². The van der Waals surface area contributed by atoms with Gasteiger partial charge < -0.3 is 9.64 Å². The van der Waals surface area contributed by atoms with Crippen molar-refractivity contribution in [3.8, 4) is 5.75 Å². The third-order valence-electron chi connectivity index (χ3n) is 4.95. The number of hydrogen-bond acceptors (Lipinski definition) is 5. The molecule has 1 saturated heterocycles. The molecule has 26 heavy (non-hydrogen) atoms. The van der Waals surface area contributed by atoms with E-state index in [1.807, 2.05) is 35.0 Å². The molecule has 4 heterocycles. The van der Waals surface area contributed by atoms with Crippen LogP contribution in [0.1, 0.15) is 12.8 Å². The maximum Gasteiger partial charge on any atom is 0.408 e. The van der Waals surface area contributed by atoms with Crippen LogP contribution >= 0.6 is 0 Å². The highest BCUT2D eigenvalue weighted by Gasteiger charge is 2.31. The Morgan fingerprint density at radius 1 is 1.19 bits per heavy atom. The van der Waals surface area contributed by atoms with E-state index >= 15 is 0 Å². The zero-order valence-corrected chi connectivity index (χ0v) is 14.2. The molecule has 0 bridgehead atoms. The summed E-state index contributed by atoms with van der Waals surface area (Å²) in [6, 6.07) is 10.4. The van der Waals surface area contributed by atoms with Crippen molar-refractivity contribution in [3.05, 3.63) is 55.2 Å². The number of nitrogens with zero attached hydrogens (tertiary/aromatic N) is 5. The minimum absolute atomic E-state index is 0.313. The zero-order chi connectivity index (χ0) is 17.3. The first-order valence-corrected chi connectivity index (χ1v) is 8.82. The van der Waals surface area contributed by atoms with E-state index in [9.17, 15) is 0 Å². The molecular formula is C19H19N6O+. The van der Waals surface area contributed by atoms with Gasteiger partial charge in [0.15, 0.2) is 6.33 Å². The van der Waals surface area contributed by atoms with E-state index in [2.05, 4.69) is 31.0 Å². The molecule has 0 saturated carbocycles. The number of fused-ring (bicyclic) bond motifs is 2. The van der Waals surface area contributed by atoms with Gasteiger partial charge in [-0.05, 0) is 25.0 Å². The third kappa shape index (κ3) is 2.52. The fourth-order valence-corrected chi connectivity index (χ4v) is 3.70. The first-order valence-electron chi connectivity index (χ1n) is 8.82. The molecular weight excluding hydrogens is 328 g/mol. The fourth-order valence-electron chi connectivity index (χ4n) is 3.70. The summed E-state index contributed by atoms with van der Waals surface area (Å²) in [5.74, 6) is 2.65. The monoisotopic (exact) mass is 347 g/mol. The van der Waals surface area contributed by atoms with Crippen molar-refractivity contribution >= 4 is 22.4 Å². The number of H-pyrrole nitrogens is 1. The summed E-state index contributed by atoms with van der Waals surface area (Å²) < 4.78 is 8.15. The highest BCUT2D eigenvalue weighted by atomic mass is 16.5. The largest absolute Gasteiger partial charge is 0.490 e. The minimum atomic E-state index is 0.313. The van der Waals surface area contributed by atoms with Crippen LogP contribution in [0.5, 0.6) is 5.75 Å². The number of ether oxygens (including phenoxy) is 1. The van der Waals surface area contributed by atoms with Gasteiger partial charge in [-0.25, -0.2) is 5.10 Å². The molecule has 0 radical (unpaired) electrons. The van der Waals surface area contributed by atoms with Crippen LogP contribution in [0, 0.1) is 0 Å². The van der Waals surface area contributed by atoms with Gasteiger partial charge in [-0.1, -0.05) is 17.1 Å². The molecule has 1 atom stereocenters. The van der Waals surface area contributed by atoms with Crippen molar-refractivity contribution in [2.24, 2.45) is 0 Å². The number of rotatable bonds is 4. The van der Waals surface area contributed by atoms with Gasteiger partial charge >= 0.3 is 5.78 Å². The SMILES string of the molecule is c1cc(OC[C@H]2CCCN2c2ccnc3nc[nH][n+]23)c2ccncc2c1. The Hall–Kier alpha value is -3.22. The van der Waals surface area contributed by atoms with E-state index in [1.165, 1.54) is 0 Å². The van der Waals surface area contributed by atoms with Crippen molar-refractivity contribution in [1.29, 1.82) is 0 Å². The van der Waals surface area contributed by atoms with E-state index in [4.69, 9.17) is 4.74 Å². The molecule has 0 unspecified atom stereocenters. The van der Waals surface area contributed by atoms with Gasteiger partial charge in [-0.15, -0.1) is 9.50 Å². The van der Waals surface area contributed by atoms with Gasteiger partial charge in [0.1, 0.15) is 12.4 Å². The Bertz CT molecular complexity index is 1060. The Balaban J connectivity index is 1.40.